The molecule has 1 aliphatic heterocycles. The third-order valence-corrected chi connectivity index (χ3v) is 4.73. The van der Waals surface area contributed by atoms with E-state index in [9.17, 15) is 4.79 Å². The van der Waals surface area contributed by atoms with Gasteiger partial charge >= 0.3 is 0 Å². The van der Waals surface area contributed by atoms with Gasteiger partial charge in [0.05, 0.1) is 5.56 Å². The van der Waals surface area contributed by atoms with Gasteiger partial charge in [0.2, 0.25) is 0 Å². The maximum atomic E-state index is 12.5. The molecule has 0 spiro atoms. The van der Waals surface area contributed by atoms with Crippen LogP contribution in [0.4, 0.5) is 0 Å². The topological polar surface area (TPSA) is 23.6 Å². The molecule has 0 atom stereocenters. The summed E-state index contributed by atoms with van der Waals surface area (Å²) in [6.07, 6.45) is 1.24. The van der Waals surface area contributed by atoms with Crippen molar-refractivity contribution >= 4 is 28.5 Å². The van der Waals surface area contributed by atoms with Crippen LogP contribution in [0, 0.1) is 9.49 Å². The highest BCUT2D eigenvalue weighted by atomic mass is 127. The van der Waals surface area contributed by atoms with Gasteiger partial charge in [0.1, 0.15) is 0 Å². The zero-order chi connectivity index (χ0) is 14.5. The monoisotopic (exact) mass is 386 g/mol. The molecule has 0 aliphatic carbocycles. The minimum Gasteiger partial charge on any atom is -0.336 e. The number of rotatable bonds is 4. The van der Waals surface area contributed by atoms with Gasteiger partial charge in [-0.25, -0.2) is 0 Å². The predicted molar refractivity (Wildman–Crippen MR) is 91.0 cm³/mol. The molecule has 0 saturated carbocycles. The Bertz CT molecular complexity index is 454. The molecular formula is C16H23IN2O. The fraction of sp³-hybridized carbons (Fsp3) is 0.562. The SMILES string of the molecule is CC(C)CCN1CCN(C(=O)c2ccccc2I)CC1. The van der Waals surface area contributed by atoms with Crippen LogP contribution < -0.4 is 0 Å². The van der Waals surface area contributed by atoms with Gasteiger partial charge in [-0.3, -0.25) is 9.69 Å². The smallest absolute Gasteiger partial charge is 0.255 e. The molecule has 20 heavy (non-hydrogen) atoms. The van der Waals surface area contributed by atoms with Crippen LogP contribution in [0.25, 0.3) is 0 Å². The van der Waals surface area contributed by atoms with E-state index in [2.05, 4.69) is 41.3 Å². The lowest BCUT2D eigenvalue weighted by molar-refractivity contribution is 0.0631. The van der Waals surface area contributed by atoms with E-state index in [1.54, 1.807) is 0 Å². The number of piperazine rings is 1. The van der Waals surface area contributed by atoms with Crippen molar-refractivity contribution in [2.45, 2.75) is 20.3 Å². The Balaban J connectivity index is 1.88. The molecule has 2 rings (SSSR count). The van der Waals surface area contributed by atoms with Crippen LogP contribution in [0.1, 0.15) is 30.6 Å². The number of amides is 1. The summed E-state index contributed by atoms with van der Waals surface area (Å²) in [6.45, 7) is 9.38. The second-order valence-electron chi connectivity index (χ2n) is 5.80. The molecule has 0 radical (unpaired) electrons. The largest absolute Gasteiger partial charge is 0.336 e. The van der Waals surface area contributed by atoms with Crippen LogP contribution in [0.3, 0.4) is 0 Å². The Morgan fingerprint density at radius 2 is 1.85 bits per heavy atom. The highest BCUT2D eigenvalue weighted by Crippen LogP contribution is 2.15. The van der Waals surface area contributed by atoms with Gasteiger partial charge in [-0.2, -0.15) is 0 Å². The first-order valence-electron chi connectivity index (χ1n) is 7.34. The molecule has 0 aromatic heterocycles. The van der Waals surface area contributed by atoms with E-state index in [1.165, 1.54) is 6.42 Å². The van der Waals surface area contributed by atoms with E-state index < -0.39 is 0 Å². The molecule has 0 unspecified atom stereocenters. The van der Waals surface area contributed by atoms with Gasteiger partial charge in [-0.1, -0.05) is 26.0 Å². The van der Waals surface area contributed by atoms with Crippen molar-refractivity contribution in [2.24, 2.45) is 5.92 Å². The Morgan fingerprint density at radius 1 is 1.20 bits per heavy atom. The van der Waals surface area contributed by atoms with Crippen LogP contribution in [-0.4, -0.2) is 48.4 Å². The molecular weight excluding hydrogens is 363 g/mol. The lowest BCUT2D eigenvalue weighted by Crippen LogP contribution is -2.49. The van der Waals surface area contributed by atoms with E-state index in [0.717, 1.165) is 47.8 Å². The molecule has 1 fully saturated rings. The van der Waals surface area contributed by atoms with E-state index in [0.29, 0.717) is 0 Å². The summed E-state index contributed by atoms with van der Waals surface area (Å²) in [5, 5.41) is 0. The molecule has 1 aromatic rings. The first-order chi connectivity index (χ1) is 9.58. The second kappa shape index (κ2) is 7.41. The van der Waals surface area contributed by atoms with Crippen molar-refractivity contribution in [1.82, 2.24) is 9.80 Å². The Labute approximate surface area is 135 Å². The Kier molecular flexibility index (Phi) is 5.84. The maximum absolute atomic E-state index is 12.5. The standard InChI is InChI=1S/C16H23IN2O/c1-13(2)7-8-18-9-11-19(12-10-18)16(20)14-5-3-4-6-15(14)17/h3-6,13H,7-12H2,1-2H3. The second-order valence-corrected chi connectivity index (χ2v) is 6.96. The van der Waals surface area contributed by atoms with Gasteiger partial charge in [-0.05, 0) is 53.6 Å². The Hall–Kier alpha value is -0.620. The molecule has 4 heteroatoms. The van der Waals surface area contributed by atoms with Gasteiger partial charge in [0.15, 0.2) is 0 Å². The van der Waals surface area contributed by atoms with Gasteiger partial charge in [0, 0.05) is 29.7 Å². The van der Waals surface area contributed by atoms with Gasteiger partial charge in [0.25, 0.3) is 5.91 Å². The Morgan fingerprint density at radius 3 is 2.45 bits per heavy atom. The van der Waals surface area contributed by atoms with Gasteiger partial charge in [-0.15, -0.1) is 0 Å². The van der Waals surface area contributed by atoms with Crippen molar-refractivity contribution in [3.63, 3.8) is 0 Å². The number of hydrogen-bond acceptors (Lipinski definition) is 2. The summed E-state index contributed by atoms with van der Waals surface area (Å²) < 4.78 is 1.04. The molecule has 1 saturated heterocycles. The van der Waals surface area contributed by atoms with E-state index in [1.807, 2.05) is 29.2 Å². The molecule has 1 aromatic carbocycles. The van der Waals surface area contributed by atoms with Crippen LogP contribution in [-0.2, 0) is 0 Å². The van der Waals surface area contributed by atoms with Crippen LogP contribution in [0.15, 0.2) is 24.3 Å². The summed E-state index contributed by atoms with van der Waals surface area (Å²) in [4.78, 5) is 17.0. The molecule has 0 N–H and O–H groups in total. The fourth-order valence-electron chi connectivity index (χ4n) is 2.42. The van der Waals surface area contributed by atoms with Crippen molar-refractivity contribution in [1.29, 1.82) is 0 Å². The normalized spacial score (nSPS) is 16.7. The third-order valence-electron chi connectivity index (χ3n) is 3.79. The number of nitrogens with zero attached hydrogens (tertiary/aromatic N) is 2. The van der Waals surface area contributed by atoms with Crippen molar-refractivity contribution in [3.05, 3.63) is 33.4 Å². The summed E-state index contributed by atoms with van der Waals surface area (Å²) in [5.41, 5.74) is 0.837. The number of carbonyl (C=O) groups is 1. The summed E-state index contributed by atoms with van der Waals surface area (Å²) in [5.74, 6) is 0.930. The first kappa shape index (κ1) is 15.8. The number of hydrogen-bond donors (Lipinski definition) is 0. The minimum absolute atomic E-state index is 0.179. The average Bonchev–Trinajstić information content (AvgIpc) is 2.45. The van der Waals surface area contributed by atoms with Crippen LogP contribution in [0.5, 0.6) is 0 Å². The molecule has 1 heterocycles. The summed E-state index contributed by atoms with van der Waals surface area (Å²) in [7, 11) is 0. The molecule has 1 aliphatic rings. The number of carbonyl (C=O) groups excluding carboxylic acids is 1. The summed E-state index contributed by atoms with van der Waals surface area (Å²) >= 11 is 2.24. The minimum atomic E-state index is 0.179. The van der Waals surface area contributed by atoms with E-state index >= 15 is 0 Å². The molecule has 1 amide bonds. The third kappa shape index (κ3) is 4.19. The fourth-order valence-corrected chi connectivity index (χ4v) is 3.04. The number of halogens is 1. The first-order valence-corrected chi connectivity index (χ1v) is 8.42. The van der Waals surface area contributed by atoms with Crippen LogP contribution >= 0.6 is 22.6 Å². The lowest BCUT2D eigenvalue weighted by Gasteiger charge is -2.35. The van der Waals surface area contributed by atoms with Gasteiger partial charge < -0.3 is 4.90 Å². The van der Waals surface area contributed by atoms with Crippen molar-refractivity contribution in [2.75, 3.05) is 32.7 Å². The zero-order valence-corrected chi connectivity index (χ0v) is 14.5. The molecule has 3 nitrogen and oxygen atoms in total. The highest BCUT2D eigenvalue weighted by Gasteiger charge is 2.22. The highest BCUT2D eigenvalue weighted by molar-refractivity contribution is 14.1. The van der Waals surface area contributed by atoms with Crippen molar-refractivity contribution < 1.29 is 4.79 Å². The van der Waals surface area contributed by atoms with Crippen molar-refractivity contribution in [3.8, 4) is 0 Å². The molecule has 110 valence electrons. The maximum Gasteiger partial charge on any atom is 0.255 e. The van der Waals surface area contributed by atoms with E-state index in [-0.39, 0.29) is 5.91 Å². The summed E-state index contributed by atoms with van der Waals surface area (Å²) in [6, 6.07) is 7.83. The quantitative estimate of drug-likeness (QED) is 0.743. The predicted octanol–water partition coefficient (Wildman–Crippen LogP) is 3.10. The van der Waals surface area contributed by atoms with E-state index in [4.69, 9.17) is 0 Å². The zero-order valence-electron chi connectivity index (χ0n) is 12.3. The molecule has 0 bridgehead atoms. The average molecular weight is 386 g/mol. The number of benzene rings is 1. The lowest BCUT2D eigenvalue weighted by atomic mass is 10.1. The van der Waals surface area contributed by atoms with Crippen LogP contribution in [0.2, 0.25) is 0 Å².